The highest BCUT2D eigenvalue weighted by Crippen LogP contribution is 2.20. The summed E-state index contributed by atoms with van der Waals surface area (Å²) in [6.45, 7) is 5.34. The van der Waals surface area contributed by atoms with Crippen molar-refractivity contribution in [1.82, 2.24) is 10.2 Å². The maximum atomic E-state index is 5.98. The zero-order chi connectivity index (χ0) is 11.4. The summed E-state index contributed by atoms with van der Waals surface area (Å²) in [5, 5.41) is 4.83. The molecule has 1 aromatic rings. The molecule has 0 spiro atoms. The summed E-state index contributed by atoms with van der Waals surface area (Å²) in [6.07, 6.45) is 1.20. The van der Waals surface area contributed by atoms with Gasteiger partial charge in [-0.2, -0.15) is 0 Å². The first kappa shape index (κ1) is 12.2. The van der Waals surface area contributed by atoms with Crippen molar-refractivity contribution in [2.24, 2.45) is 0 Å². The van der Waals surface area contributed by atoms with Crippen LogP contribution in [-0.2, 0) is 6.54 Å². The second-order valence-electron chi connectivity index (χ2n) is 4.16. The van der Waals surface area contributed by atoms with Crippen molar-refractivity contribution < 1.29 is 0 Å². The van der Waals surface area contributed by atoms with E-state index in [9.17, 15) is 0 Å². The maximum Gasteiger partial charge on any atom is 0.0424 e. The van der Waals surface area contributed by atoms with Crippen LogP contribution in [0, 0.1) is 0 Å². The minimum absolute atomic E-state index is 0.718. The molecule has 1 aliphatic heterocycles. The predicted molar refractivity (Wildman–Crippen MR) is 69.2 cm³/mol. The Balaban J connectivity index is 2.01. The van der Waals surface area contributed by atoms with Crippen LogP contribution < -0.4 is 5.32 Å². The summed E-state index contributed by atoms with van der Waals surface area (Å²) < 4.78 is 0. The fourth-order valence-electron chi connectivity index (χ4n) is 2.02. The number of hydrogen-bond acceptors (Lipinski definition) is 2. The largest absolute Gasteiger partial charge is 0.315 e. The fourth-order valence-corrected chi connectivity index (χ4v) is 2.59. The first-order chi connectivity index (χ1) is 7.74. The molecule has 16 heavy (non-hydrogen) atoms. The monoisotopic (exact) mass is 258 g/mol. The smallest absolute Gasteiger partial charge is 0.0424 e. The molecule has 0 aromatic heterocycles. The molecule has 0 saturated carbocycles. The van der Waals surface area contributed by atoms with E-state index in [2.05, 4.69) is 10.2 Å². The zero-order valence-corrected chi connectivity index (χ0v) is 10.7. The lowest BCUT2D eigenvalue weighted by atomic mass is 10.2. The number of rotatable bonds is 2. The normalized spacial score (nSPS) is 18.4. The highest BCUT2D eigenvalue weighted by molar-refractivity contribution is 6.34. The van der Waals surface area contributed by atoms with E-state index in [0.717, 1.165) is 42.8 Å². The molecule has 0 amide bonds. The van der Waals surface area contributed by atoms with Gasteiger partial charge in [-0.3, -0.25) is 4.90 Å². The average Bonchev–Trinajstić information content (AvgIpc) is 2.44. The van der Waals surface area contributed by atoms with Crippen molar-refractivity contribution in [3.63, 3.8) is 0 Å². The van der Waals surface area contributed by atoms with Gasteiger partial charge in [0.25, 0.3) is 0 Å². The van der Waals surface area contributed by atoms with Crippen molar-refractivity contribution in [1.29, 1.82) is 0 Å². The lowest BCUT2D eigenvalue weighted by Crippen LogP contribution is -2.27. The molecule has 1 saturated heterocycles. The van der Waals surface area contributed by atoms with Crippen LogP contribution in [0.1, 0.15) is 12.0 Å². The number of benzene rings is 1. The quantitative estimate of drug-likeness (QED) is 0.878. The predicted octanol–water partition coefficient (Wildman–Crippen LogP) is 2.79. The molecule has 1 aromatic carbocycles. The van der Waals surface area contributed by atoms with E-state index in [1.165, 1.54) is 12.0 Å². The minimum Gasteiger partial charge on any atom is -0.315 e. The van der Waals surface area contributed by atoms with E-state index < -0.39 is 0 Å². The third-order valence-electron chi connectivity index (χ3n) is 2.76. The topological polar surface area (TPSA) is 15.3 Å². The second kappa shape index (κ2) is 5.87. The third-order valence-corrected chi connectivity index (χ3v) is 3.20. The number of halogens is 2. The van der Waals surface area contributed by atoms with Gasteiger partial charge in [0.1, 0.15) is 0 Å². The Labute approximate surface area is 107 Å². The Morgan fingerprint density at radius 3 is 2.56 bits per heavy atom. The maximum absolute atomic E-state index is 5.98. The Morgan fingerprint density at radius 2 is 1.81 bits per heavy atom. The standard InChI is InChI=1S/C12H16Cl2N2/c13-11-6-10(7-12(14)8-11)9-16-4-1-2-15-3-5-16/h6-8,15H,1-5,9H2. The van der Waals surface area contributed by atoms with Crippen molar-refractivity contribution >= 4 is 23.2 Å². The van der Waals surface area contributed by atoms with Crippen LogP contribution >= 0.6 is 23.2 Å². The molecule has 0 aliphatic carbocycles. The summed E-state index contributed by atoms with van der Waals surface area (Å²) in [5.41, 5.74) is 1.19. The molecule has 0 radical (unpaired) electrons. The van der Waals surface area contributed by atoms with Crippen LogP contribution in [0.5, 0.6) is 0 Å². The van der Waals surface area contributed by atoms with Gasteiger partial charge in [-0.15, -0.1) is 0 Å². The summed E-state index contributed by atoms with van der Waals surface area (Å²) in [5.74, 6) is 0. The molecular formula is C12H16Cl2N2. The van der Waals surface area contributed by atoms with Crippen LogP contribution in [0.3, 0.4) is 0 Å². The van der Waals surface area contributed by atoms with E-state index in [1.807, 2.05) is 12.1 Å². The van der Waals surface area contributed by atoms with Gasteiger partial charge in [-0.1, -0.05) is 23.2 Å². The molecule has 0 unspecified atom stereocenters. The fraction of sp³-hybridized carbons (Fsp3) is 0.500. The van der Waals surface area contributed by atoms with Crippen molar-refractivity contribution in [2.75, 3.05) is 26.2 Å². The van der Waals surface area contributed by atoms with E-state index in [1.54, 1.807) is 6.07 Å². The molecule has 1 fully saturated rings. The molecule has 1 N–H and O–H groups in total. The molecule has 0 bridgehead atoms. The van der Waals surface area contributed by atoms with Crippen LogP contribution in [0.2, 0.25) is 10.0 Å². The Kier molecular flexibility index (Phi) is 4.47. The highest BCUT2D eigenvalue weighted by atomic mass is 35.5. The summed E-state index contributed by atoms with van der Waals surface area (Å²) in [4.78, 5) is 2.43. The molecule has 0 atom stereocenters. The van der Waals surface area contributed by atoms with Crippen LogP contribution in [-0.4, -0.2) is 31.1 Å². The van der Waals surface area contributed by atoms with Crippen LogP contribution in [0.4, 0.5) is 0 Å². The number of hydrogen-bond donors (Lipinski definition) is 1. The summed E-state index contributed by atoms with van der Waals surface area (Å²) >= 11 is 12.0. The van der Waals surface area contributed by atoms with E-state index >= 15 is 0 Å². The molecule has 1 aliphatic rings. The van der Waals surface area contributed by atoms with Gasteiger partial charge in [-0.05, 0) is 43.3 Å². The van der Waals surface area contributed by atoms with E-state index in [4.69, 9.17) is 23.2 Å². The number of nitrogens with zero attached hydrogens (tertiary/aromatic N) is 1. The van der Waals surface area contributed by atoms with Gasteiger partial charge in [-0.25, -0.2) is 0 Å². The van der Waals surface area contributed by atoms with Crippen LogP contribution in [0.15, 0.2) is 18.2 Å². The lowest BCUT2D eigenvalue weighted by Gasteiger charge is -2.19. The molecule has 2 nitrogen and oxygen atoms in total. The minimum atomic E-state index is 0.718. The second-order valence-corrected chi connectivity index (χ2v) is 5.03. The van der Waals surface area contributed by atoms with E-state index in [-0.39, 0.29) is 0 Å². The van der Waals surface area contributed by atoms with Crippen molar-refractivity contribution in [3.05, 3.63) is 33.8 Å². The first-order valence-corrected chi connectivity index (χ1v) is 6.38. The van der Waals surface area contributed by atoms with E-state index in [0.29, 0.717) is 0 Å². The average molecular weight is 259 g/mol. The molecule has 1 heterocycles. The van der Waals surface area contributed by atoms with Gasteiger partial charge in [0.05, 0.1) is 0 Å². The number of nitrogens with one attached hydrogen (secondary N) is 1. The summed E-state index contributed by atoms with van der Waals surface area (Å²) in [6, 6.07) is 5.76. The third kappa shape index (κ3) is 3.63. The van der Waals surface area contributed by atoms with Gasteiger partial charge >= 0.3 is 0 Å². The molecule has 2 rings (SSSR count). The van der Waals surface area contributed by atoms with Crippen molar-refractivity contribution in [3.8, 4) is 0 Å². The molecule has 88 valence electrons. The molecule has 4 heteroatoms. The Hall–Kier alpha value is -0.280. The van der Waals surface area contributed by atoms with Gasteiger partial charge in [0, 0.05) is 29.7 Å². The SMILES string of the molecule is Clc1cc(Cl)cc(CN2CCCNCC2)c1. The first-order valence-electron chi connectivity index (χ1n) is 5.62. The summed E-state index contributed by atoms with van der Waals surface area (Å²) in [7, 11) is 0. The van der Waals surface area contributed by atoms with Crippen LogP contribution in [0.25, 0.3) is 0 Å². The van der Waals surface area contributed by atoms with Crippen molar-refractivity contribution in [2.45, 2.75) is 13.0 Å². The van der Waals surface area contributed by atoms with Gasteiger partial charge in [0.15, 0.2) is 0 Å². The van der Waals surface area contributed by atoms with Gasteiger partial charge < -0.3 is 5.32 Å². The zero-order valence-electron chi connectivity index (χ0n) is 9.18. The lowest BCUT2D eigenvalue weighted by molar-refractivity contribution is 0.284. The Morgan fingerprint density at radius 1 is 1.06 bits per heavy atom. The molecular weight excluding hydrogens is 243 g/mol. The highest BCUT2D eigenvalue weighted by Gasteiger charge is 2.09. The Bertz CT molecular complexity index is 327. The van der Waals surface area contributed by atoms with Gasteiger partial charge in [0.2, 0.25) is 0 Å².